The molecule has 0 bridgehead atoms. The maximum Gasteiger partial charge on any atom is 0.142 e. The Morgan fingerprint density at radius 2 is 1.89 bits per heavy atom. The lowest BCUT2D eigenvalue weighted by atomic mass is 10.2. The normalized spacial score (nSPS) is 10.4. The molecule has 0 saturated heterocycles. The summed E-state index contributed by atoms with van der Waals surface area (Å²) in [5.74, 6) is 0.588. The van der Waals surface area contributed by atoms with Crippen molar-refractivity contribution >= 4 is 23.2 Å². The number of ether oxygens (including phenoxy) is 1. The Bertz CT molecular complexity index is 543. The Morgan fingerprint density at radius 3 is 2.61 bits per heavy atom. The van der Waals surface area contributed by atoms with Gasteiger partial charge >= 0.3 is 0 Å². The van der Waals surface area contributed by atoms with Crippen LogP contribution in [-0.4, -0.2) is 0 Å². The van der Waals surface area contributed by atoms with Gasteiger partial charge in [-0.05, 0) is 23.8 Å². The van der Waals surface area contributed by atoms with Crippen LogP contribution in [0.4, 0.5) is 4.39 Å². The van der Waals surface area contributed by atoms with E-state index in [-0.39, 0.29) is 12.4 Å². The fourth-order valence-electron chi connectivity index (χ4n) is 1.60. The Balaban J connectivity index is 2.15. The van der Waals surface area contributed by atoms with Crippen LogP contribution < -0.4 is 4.74 Å². The summed E-state index contributed by atoms with van der Waals surface area (Å²) >= 11 is 11.9. The van der Waals surface area contributed by atoms with Crippen LogP contribution in [0.2, 0.25) is 5.02 Å². The van der Waals surface area contributed by atoms with Gasteiger partial charge in [-0.15, -0.1) is 11.6 Å². The Hall–Kier alpha value is -1.25. The van der Waals surface area contributed by atoms with Crippen LogP contribution in [0.25, 0.3) is 0 Å². The summed E-state index contributed by atoms with van der Waals surface area (Å²) in [4.78, 5) is 0. The zero-order valence-corrected chi connectivity index (χ0v) is 11.0. The first-order chi connectivity index (χ1) is 8.70. The van der Waals surface area contributed by atoms with Crippen molar-refractivity contribution in [3.05, 3.63) is 64.4 Å². The van der Waals surface area contributed by atoms with Crippen molar-refractivity contribution < 1.29 is 9.13 Å². The van der Waals surface area contributed by atoms with E-state index in [0.717, 1.165) is 11.1 Å². The highest BCUT2D eigenvalue weighted by atomic mass is 35.5. The van der Waals surface area contributed by atoms with Gasteiger partial charge in [0.1, 0.15) is 18.2 Å². The SMILES string of the molecule is Fc1cccc(COc2c(Cl)cccc2CCl)c1. The third-order valence-corrected chi connectivity index (χ3v) is 3.05. The highest BCUT2D eigenvalue weighted by Crippen LogP contribution is 2.30. The molecule has 18 heavy (non-hydrogen) atoms. The highest BCUT2D eigenvalue weighted by molar-refractivity contribution is 6.32. The molecular weight excluding hydrogens is 274 g/mol. The average molecular weight is 285 g/mol. The molecule has 94 valence electrons. The van der Waals surface area contributed by atoms with Crippen LogP contribution in [0.5, 0.6) is 5.75 Å². The lowest BCUT2D eigenvalue weighted by Gasteiger charge is -2.11. The van der Waals surface area contributed by atoms with E-state index in [1.165, 1.54) is 12.1 Å². The van der Waals surface area contributed by atoms with E-state index in [2.05, 4.69) is 0 Å². The van der Waals surface area contributed by atoms with Crippen LogP contribution in [0.1, 0.15) is 11.1 Å². The molecule has 0 saturated carbocycles. The van der Waals surface area contributed by atoms with Crippen molar-refractivity contribution in [3.63, 3.8) is 0 Å². The van der Waals surface area contributed by atoms with Gasteiger partial charge < -0.3 is 4.74 Å². The van der Waals surface area contributed by atoms with E-state index in [1.54, 1.807) is 18.2 Å². The van der Waals surface area contributed by atoms with Crippen molar-refractivity contribution in [1.82, 2.24) is 0 Å². The number of alkyl halides is 1. The van der Waals surface area contributed by atoms with Crippen LogP contribution in [0.3, 0.4) is 0 Å². The monoisotopic (exact) mass is 284 g/mol. The molecular formula is C14H11Cl2FO. The second-order valence-corrected chi connectivity index (χ2v) is 4.45. The molecule has 0 amide bonds. The smallest absolute Gasteiger partial charge is 0.142 e. The number of benzene rings is 2. The third-order valence-electron chi connectivity index (χ3n) is 2.46. The Morgan fingerprint density at radius 1 is 1.11 bits per heavy atom. The van der Waals surface area contributed by atoms with Crippen molar-refractivity contribution in [2.45, 2.75) is 12.5 Å². The molecule has 0 N–H and O–H groups in total. The van der Waals surface area contributed by atoms with E-state index in [1.807, 2.05) is 12.1 Å². The van der Waals surface area contributed by atoms with Gasteiger partial charge in [0.15, 0.2) is 0 Å². The minimum atomic E-state index is -0.284. The molecule has 2 rings (SSSR count). The first-order valence-electron chi connectivity index (χ1n) is 5.41. The highest BCUT2D eigenvalue weighted by Gasteiger charge is 2.08. The van der Waals surface area contributed by atoms with Crippen molar-refractivity contribution in [3.8, 4) is 5.75 Å². The average Bonchev–Trinajstić information content (AvgIpc) is 2.37. The maximum atomic E-state index is 13.0. The van der Waals surface area contributed by atoms with Crippen molar-refractivity contribution in [1.29, 1.82) is 0 Å². The quantitative estimate of drug-likeness (QED) is 0.733. The molecule has 0 heterocycles. The lowest BCUT2D eigenvalue weighted by Crippen LogP contribution is -1.99. The predicted octanol–water partition coefficient (Wildman–Crippen LogP) is 4.80. The largest absolute Gasteiger partial charge is 0.487 e. The molecule has 0 aliphatic rings. The summed E-state index contributed by atoms with van der Waals surface area (Å²) < 4.78 is 18.6. The van der Waals surface area contributed by atoms with E-state index in [0.29, 0.717) is 16.7 Å². The zero-order valence-electron chi connectivity index (χ0n) is 9.50. The van der Waals surface area contributed by atoms with Crippen molar-refractivity contribution in [2.24, 2.45) is 0 Å². The first-order valence-corrected chi connectivity index (χ1v) is 6.32. The Labute approximate surface area is 115 Å². The van der Waals surface area contributed by atoms with Gasteiger partial charge in [-0.1, -0.05) is 35.9 Å². The summed E-state index contributed by atoms with van der Waals surface area (Å²) in [6.45, 7) is 0.255. The van der Waals surface area contributed by atoms with Crippen molar-refractivity contribution in [2.75, 3.05) is 0 Å². The third kappa shape index (κ3) is 3.15. The van der Waals surface area contributed by atoms with Crippen LogP contribution in [0.15, 0.2) is 42.5 Å². The van der Waals surface area contributed by atoms with E-state index >= 15 is 0 Å². The molecule has 0 unspecified atom stereocenters. The van der Waals surface area contributed by atoms with Gasteiger partial charge in [0.25, 0.3) is 0 Å². The van der Waals surface area contributed by atoms with Crippen LogP contribution in [0, 0.1) is 5.82 Å². The molecule has 0 spiro atoms. The molecule has 0 aliphatic carbocycles. The zero-order chi connectivity index (χ0) is 13.0. The number of hydrogen-bond donors (Lipinski definition) is 0. The van der Waals surface area contributed by atoms with E-state index < -0.39 is 0 Å². The molecule has 4 heteroatoms. The van der Waals surface area contributed by atoms with Gasteiger partial charge in [0.2, 0.25) is 0 Å². The first kappa shape index (κ1) is 13.2. The Kier molecular flexibility index (Phi) is 4.45. The minimum absolute atomic E-state index is 0.255. The van der Waals surface area contributed by atoms with Gasteiger partial charge in [0.05, 0.1) is 10.9 Å². The van der Waals surface area contributed by atoms with E-state index in [4.69, 9.17) is 27.9 Å². The number of para-hydroxylation sites is 1. The predicted molar refractivity (Wildman–Crippen MR) is 71.7 cm³/mol. The van der Waals surface area contributed by atoms with Gasteiger partial charge in [-0.3, -0.25) is 0 Å². The summed E-state index contributed by atoms with van der Waals surface area (Å²) in [5, 5.41) is 0.504. The fourth-order valence-corrected chi connectivity index (χ4v) is 2.06. The lowest BCUT2D eigenvalue weighted by molar-refractivity contribution is 0.303. The summed E-state index contributed by atoms with van der Waals surface area (Å²) in [6, 6.07) is 11.6. The number of rotatable bonds is 4. The molecule has 0 fully saturated rings. The molecule has 0 aromatic heterocycles. The van der Waals surface area contributed by atoms with Gasteiger partial charge in [-0.2, -0.15) is 0 Å². The second kappa shape index (κ2) is 6.07. The second-order valence-electron chi connectivity index (χ2n) is 3.78. The van der Waals surface area contributed by atoms with Gasteiger partial charge in [0, 0.05) is 5.56 Å². The molecule has 2 aromatic rings. The fraction of sp³-hybridized carbons (Fsp3) is 0.143. The van der Waals surface area contributed by atoms with E-state index in [9.17, 15) is 4.39 Å². The van der Waals surface area contributed by atoms with Crippen LogP contribution >= 0.6 is 23.2 Å². The maximum absolute atomic E-state index is 13.0. The summed E-state index contributed by atoms with van der Waals surface area (Å²) in [6.07, 6.45) is 0. The number of hydrogen-bond acceptors (Lipinski definition) is 1. The standard InChI is InChI=1S/C14H11Cl2FO/c15-8-11-4-2-6-13(16)14(11)18-9-10-3-1-5-12(17)7-10/h1-7H,8-9H2. The molecule has 2 aromatic carbocycles. The molecule has 0 radical (unpaired) electrons. The topological polar surface area (TPSA) is 9.23 Å². The number of halogens is 3. The molecule has 0 aliphatic heterocycles. The van der Waals surface area contributed by atoms with Crippen LogP contribution in [-0.2, 0) is 12.5 Å². The minimum Gasteiger partial charge on any atom is -0.487 e. The molecule has 1 nitrogen and oxygen atoms in total. The summed E-state index contributed by atoms with van der Waals surface area (Å²) in [5.41, 5.74) is 1.57. The summed E-state index contributed by atoms with van der Waals surface area (Å²) in [7, 11) is 0. The van der Waals surface area contributed by atoms with Gasteiger partial charge in [-0.25, -0.2) is 4.39 Å². The molecule has 0 atom stereocenters.